The van der Waals surface area contributed by atoms with Crippen LogP contribution in [0.3, 0.4) is 0 Å². The molecule has 1 aliphatic rings. The Hall–Kier alpha value is -0.830. The van der Waals surface area contributed by atoms with E-state index in [1.165, 1.54) is 19.3 Å². The molecule has 3 nitrogen and oxygen atoms in total. The fraction of sp³-hybridized carbons (Fsp3) is 0.750. The number of rotatable bonds is 3. The molecule has 0 aliphatic heterocycles. The van der Waals surface area contributed by atoms with Gasteiger partial charge in [-0.05, 0) is 25.2 Å². The minimum Gasteiger partial charge on any atom is -0.393 e. The Bertz CT molecular complexity index is 308. The van der Waals surface area contributed by atoms with E-state index in [-0.39, 0.29) is 6.10 Å². The highest BCUT2D eigenvalue weighted by Crippen LogP contribution is 2.27. The van der Waals surface area contributed by atoms with E-state index in [1.807, 2.05) is 19.4 Å². The zero-order chi connectivity index (χ0) is 10.7. The first-order valence-corrected chi connectivity index (χ1v) is 5.90. The number of hydrogen-bond donors (Lipinski definition) is 1. The van der Waals surface area contributed by atoms with E-state index < -0.39 is 0 Å². The van der Waals surface area contributed by atoms with Gasteiger partial charge in [-0.15, -0.1) is 0 Å². The third-order valence-electron chi connectivity index (χ3n) is 3.45. The lowest BCUT2D eigenvalue weighted by molar-refractivity contribution is 0.0982. The molecule has 84 valence electrons. The van der Waals surface area contributed by atoms with Crippen LogP contribution >= 0.6 is 0 Å². The van der Waals surface area contributed by atoms with Crippen LogP contribution in [0.5, 0.6) is 0 Å². The summed E-state index contributed by atoms with van der Waals surface area (Å²) in [6.45, 7) is 0. The van der Waals surface area contributed by atoms with Gasteiger partial charge in [0, 0.05) is 25.9 Å². The smallest absolute Gasteiger partial charge is 0.108 e. The van der Waals surface area contributed by atoms with Crippen LogP contribution in [0.1, 0.15) is 37.9 Å². The van der Waals surface area contributed by atoms with Crippen LogP contribution in [-0.4, -0.2) is 20.8 Å². The Labute approximate surface area is 91.1 Å². The minimum atomic E-state index is -0.0508. The van der Waals surface area contributed by atoms with Crippen molar-refractivity contribution in [3.63, 3.8) is 0 Å². The monoisotopic (exact) mass is 208 g/mol. The predicted octanol–water partition coefficient (Wildman–Crippen LogP) is 1.90. The second kappa shape index (κ2) is 4.79. The highest BCUT2D eigenvalue weighted by atomic mass is 16.3. The molecule has 2 unspecified atom stereocenters. The molecule has 0 spiro atoms. The second-order valence-electron chi connectivity index (χ2n) is 4.68. The molecule has 1 aromatic rings. The number of nitrogens with zero attached hydrogens (tertiary/aromatic N) is 2. The molecule has 2 rings (SSSR count). The lowest BCUT2D eigenvalue weighted by Gasteiger charge is -2.25. The van der Waals surface area contributed by atoms with Crippen LogP contribution in [0.2, 0.25) is 0 Å². The summed E-state index contributed by atoms with van der Waals surface area (Å²) >= 11 is 0. The molecule has 15 heavy (non-hydrogen) atoms. The number of aliphatic hydroxyl groups excluding tert-OH is 1. The van der Waals surface area contributed by atoms with Gasteiger partial charge in [0.2, 0.25) is 0 Å². The largest absolute Gasteiger partial charge is 0.393 e. The molecule has 1 heterocycles. The molecule has 0 amide bonds. The molecule has 1 aliphatic carbocycles. The molecule has 3 heteroatoms. The number of aryl methyl sites for hydroxylation is 2. The standard InChI is InChI=1S/C12H20N2O/c1-14-8-7-13-12(14)6-5-10-3-2-4-11(15)9-10/h7-8,10-11,15H,2-6,9H2,1H3. The summed E-state index contributed by atoms with van der Waals surface area (Å²) in [4.78, 5) is 4.32. The third kappa shape index (κ3) is 2.81. The molecule has 1 saturated carbocycles. The lowest BCUT2D eigenvalue weighted by Crippen LogP contribution is -2.20. The normalized spacial score (nSPS) is 26.8. The first kappa shape index (κ1) is 10.7. The number of aliphatic hydroxyl groups is 1. The van der Waals surface area contributed by atoms with Gasteiger partial charge in [0.15, 0.2) is 0 Å². The highest BCUT2D eigenvalue weighted by Gasteiger charge is 2.20. The molecule has 0 saturated heterocycles. The predicted molar refractivity (Wildman–Crippen MR) is 59.5 cm³/mol. The first-order chi connectivity index (χ1) is 7.25. The first-order valence-electron chi connectivity index (χ1n) is 5.90. The number of aromatic nitrogens is 2. The van der Waals surface area contributed by atoms with Crippen molar-refractivity contribution < 1.29 is 5.11 Å². The van der Waals surface area contributed by atoms with Crippen molar-refractivity contribution in [3.05, 3.63) is 18.2 Å². The summed E-state index contributed by atoms with van der Waals surface area (Å²) in [7, 11) is 2.04. The maximum atomic E-state index is 9.57. The van der Waals surface area contributed by atoms with Crippen LogP contribution in [0, 0.1) is 5.92 Å². The van der Waals surface area contributed by atoms with Crippen LogP contribution in [0.15, 0.2) is 12.4 Å². The topological polar surface area (TPSA) is 38.0 Å². The SMILES string of the molecule is Cn1ccnc1CCC1CCCC(O)C1. The molecular weight excluding hydrogens is 188 g/mol. The van der Waals surface area contributed by atoms with Crippen molar-refractivity contribution in [2.24, 2.45) is 13.0 Å². The van der Waals surface area contributed by atoms with Crippen molar-refractivity contribution in [1.82, 2.24) is 9.55 Å². The average molecular weight is 208 g/mol. The summed E-state index contributed by atoms with van der Waals surface area (Å²) in [5, 5.41) is 9.57. The molecule has 2 atom stereocenters. The van der Waals surface area contributed by atoms with Crippen molar-refractivity contribution >= 4 is 0 Å². The summed E-state index contributed by atoms with van der Waals surface area (Å²) in [6.07, 6.45) is 10.5. The summed E-state index contributed by atoms with van der Waals surface area (Å²) in [5.74, 6) is 1.86. The van der Waals surface area contributed by atoms with Gasteiger partial charge in [0.25, 0.3) is 0 Å². The van der Waals surface area contributed by atoms with Gasteiger partial charge >= 0.3 is 0 Å². The van der Waals surface area contributed by atoms with Gasteiger partial charge in [0.05, 0.1) is 6.10 Å². The molecular formula is C12H20N2O. The van der Waals surface area contributed by atoms with Crippen LogP contribution < -0.4 is 0 Å². The van der Waals surface area contributed by atoms with E-state index in [4.69, 9.17) is 0 Å². The van der Waals surface area contributed by atoms with Crippen molar-refractivity contribution in [1.29, 1.82) is 0 Å². The maximum absolute atomic E-state index is 9.57. The van der Waals surface area contributed by atoms with E-state index in [2.05, 4.69) is 9.55 Å². The van der Waals surface area contributed by atoms with Gasteiger partial charge in [-0.2, -0.15) is 0 Å². The van der Waals surface area contributed by atoms with E-state index in [1.54, 1.807) is 0 Å². The molecule has 1 fully saturated rings. The number of imidazole rings is 1. The molecule has 0 radical (unpaired) electrons. The quantitative estimate of drug-likeness (QED) is 0.824. The van der Waals surface area contributed by atoms with E-state index in [9.17, 15) is 5.11 Å². The maximum Gasteiger partial charge on any atom is 0.108 e. The highest BCUT2D eigenvalue weighted by molar-refractivity contribution is 4.91. The van der Waals surface area contributed by atoms with Crippen molar-refractivity contribution in [2.45, 2.75) is 44.6 Å². The average Bonchev–Trinajstić information content (AvgIpc) is 2.61. The third-order valence-corrected chi connectivity index (χ3v) is 3.45. The van der Waals surface area contributed by atoms with Gasteiger partial charge in [0.1, 0.15) is 5.82 Å². The van der Waals surface area contributed by atoms with E-state index in [0.717, 1.165) is 25.1 Å². The molecule has 0 aromatic carbocycles. The van der Waals surface area contributed by atoms with E-state index in [0.29, 0.717) is 5.92 Å². The van der Waals surface area contributed by atoms with Crippen LogP contribution in [0.25, 0.3) is 0 Å². The van der Waals surface area contributed by atoms with E-state index >= 15 is 0 Å². The Morgan fingerprint density at radius 3 is 3.07 bits per heavy atom. The zero-order valence-electron chi connectivity index (χ0n) is 9.39. The summed E-state index contributed by atoms with van der Waals surface area (Å²) < 4.78 is 2.08. The number of hydrogen-bond acceptors (Lipinski definition) is 2. The Morgan fingerprint density at radius 2 is 2.40 bits per heavy atom. The Morgan fingerprint density at radius 1 is 1.53 bits per heavy atom. The molecule has 1 N–H and O–H groups in total. The van der Waals surface area contributed by atoms with Crippen molar-refractivity contribution in [3.8, 4) is 0 Å². The fourth-order valence-electron chi connectivity index (χ4n) is 2.50. The fourth-order valence-corrected chi connectivity index (χ4v) is 2.50. The van der Waals surface area contributed by atoms with Crippen LogP contribution in [-0.2, 0) is 13.5 Å². The van der Waals surface area contributed by atoms with Crippen LogP contribution in [0.4, 0.5) is 0 Å². The van der Waals surface area contributed by atoms with Gasteiger partial charge in [-0.25, -0.2) is 4.98 Å². The minimum absolute atomic E-state index is 0.0508. The summed E-state index contributed by atoms with van der Waals surface area (Å²) in [6, 6.07) is 0. The van der Waals surface area contributed by atoms with Gasteiger partial charge in [-0.1, -0.05) is 12.8 Å². The van der Waals surface area contributed by atoms with Crippen molar-refractivity contribution in [2.75, 3.05) is 0 Å². The zero-order valence-corrected chi connectivity index (χ0v) is 9.39. The van der Waals surface area contributed by atoms with Gasteiger partial charge < -0.3 is 9.67 Å². The Balaban J connectivity index is 1.80. The molecule has 0 bridgehead atoms. The summed E-state index contributed by atoms with van der Waals surface area (Å²) in [5.41, 5.74) is 0. The molecule has 1 aromatic heterocycles. The lowest BCUT2D eigenvalue weighted by atomic mass is 9.84. The Kier molecular flexibility index (Phi) is 3.41. The second-order valence-corrected chi connectivity index (χ2v) is 4.68. The van der Waals surface area contributed by atoms with Gasteiger partial charge in [-0.3, -0.25) is 0 Å².